The number of guanidine groups is 1. The molecular formula is C22H32IN5O2. The van der Waals surface area contributed by atoms with Crippen molar-refractivity contribution in [1.29, 1.82) is 0 Å². The van der Waals surface area contributed by atoms with Crippen LogP contribution in [0.15, 0.2) is 58.1 Å². The maximum Gasteiger partial charge on any atom is 0.242 e. The number of carbonyl (C=O) groups is 1. The summed E-state index contributed by atoms with van der Waals surface area (Å²) in [6, 6.07) is 14.0. The van der Waals surface area contributed by atoms with Crippen molar-refractivity contribution in [2.75, 3.05) is 32.7 Å². The van der Waals surface area contributed by atoms with Crippen LogP contribution >= 0.6 is 24.0 Å². The minimum absolute atomic E-state index is 0. The van der Waals surface area contributed by atoms with Gasteiger partial charge in [-0.05, 0) is 50.6 Å². The van der Waals surface area contributed by atoms with Gasteiger partial charge in [-0.3, -0.25) is 9.69 Å². The Morgan fingerprint density at radius 3 is 2.53 bits per heavy atom. The van der Waals surface area contributed by atoms with Crippen LogP contribution in [-0.4, -0.2) is 49.5 Å². The molecule has 3 N–H and O–H groups in total. The molecule has 1 aromatic carbocycles. The Balaban J connectivity index is 0.00000320. The number of hydrogen-bond donors (Lipinski definition) is 3. The zero-order valence-electron chi connectivity index (χ0n) is 17.5. The molecule has 7 nitrogen and oxygen atoms in total. The number of likely N-dealkylation sites (tertiary alicyclic amines) is 1. The zero-order chi connectivity index (χ0) is 20.3. The van der Waals surface area contributed by atoms with E-state index in [1.54, 1.807) is 6.26 Å². The summed E-state index contributed by atoms with van der Waals surface area (Å²) in [7, 11) is 0. The van der Waals surface area contributed by atoms with Crippen molar-refractivity contribution in [2.45, 2.75) is 32.4 Å². The lowest BCUT2D eigenvalue weighted by molar-refractivity contribution is -0.119. The maximum atomic E-state index is 12.2. The van der Waals surface area contributed by atoms with Crippen LogP contribution in [0.3, 0.4) is 0 Å². The van der Waals surface area contributed by atoms with Gasteiger partial charge >= 0.3 is 0 Å². The van der Waals surface area contributed by atoms with E-state index < -0.39 is 0 Å². The highest BCUT2D eigenvalue weighted by molar-refractivity contribution is 14.0. The molecule has 30 heavy (non-hydrogen) atoms. The highest BCUT2D eigenvalue weighted by Crippen LogP contribution is 2.24. The van der Waals surface area contributed by atoms with E-state index in [4.69, 9.17) is 4.42 Å². The molecule has 0 radical (unpaired) electrons. The van der Waals surface area contributed by atoms with E-state index in [0.29, 0.717) is 19.0 Å². The fourth-order valence-corrected chi connectivity index (χ4v) is 3.48. The van der Waals surface area contributed by atoms with E-state index in [0.717, 1.165) is 31.0 Å². The summed E-state index contributed by atoms with van der Waals surface area (Å²) < 4.78 is 5.67. The van der Waals surface area contributed by atoms with Gasteiger partial charge in [-0.25, -0.2) is 4.99 Å². The van der Waals surface area contributed by atoms with Crippen LogP contribution in [0.5, 0.6) is 0 Å². The third-order valence-electron chi connectivity index (χ3n) is 4.97. The third kappa shape index (κ3) is 7.64. The van der Waals surface area contributed by atoms with Crippen LogP contribution < -0.4 is 16.0 Å². The monoisotopic (exact) mass is 525 g/mol. The maximum absolute atomic E-state index is 12.2. The van der Waals surface area contributed by atoms with Gasteiger partial charge in [0, 0.05) is 19.6 Å². The molecule has 2 aromatic rings. The van der Waals surface area contributed by atoms with E-state index >= 15 is 0 Å². The molecule has 2 heterocycles. The van der Waals surface area contributed by atoms with Gasteiger partial charge in [0.1, 0.15) is 12.3 Å². The van der Waals surface area contributed by atoms with Crippen LogP contribution in [0.25, 0.3) is 0 Å². The average Bonchev–Trinajstić information content (AvgIpc) is 3.46. The number of rotatable bonds is 9. The number of carbonyl (C=O) groups excluding carboxylic acids is 1. The molecular weight excluding hydrogens is 493 g/mol. The Bertz CT molecular complexity index is 761. The van der Waals surface area contributed by atoms with Crippen LogP contribution in [-0.2, 0) is 11.3 Å². The Morgan fingerprint density at radius 2 is 1.87 bits per heavy atom. The first-order valence-electron chi connectivity index (χ1n) is 10.4. The van der Waals surface area contributed by atoms with Gasteiger partial charge in [0.25, 0.3) is 0 Å². The highest BCUT2D eigenvalue weighted by atomic mass is 127. The fraction of sp³-hybridized carbons (Fsp3) is 0.455. The smallest absolute Gasteiger partial charge is 0.242 e. The summed E-state index contributed by atoms with van der Waals surface area (Å²) in [5.74, 6) is 1.49. The standard InChI is InChI=1S/C22H31N5O2.HI/c1-2-23-22(26-17-21(28)24-15-18-9-4-3-5-10-18)25-16-19(20-11-8-14-29-20)27-12-6-7-13-27;/h3-5,8-11,14,19H,2,6-7,12-13,15-17H2,1H3,(H,24,28)(H2,23,25,26);1H. The van der Waals surface area contributed by atoms with Crippen molar-refractivity contribution in [3.63, 3.8) is 0 Å². The summed E-state index contributed by atoms with van der Waals surface area (Å²) in [6.07, 6.45) is 4.15. The van der Waals surface area contributed by atoms with E-state index in [2.05, 4.69) is 25.8 Å². The molecule has 8 heteroatoms. The van der Waals surface area contributed by atoms with Gasteiger partial charge in [0.05, 0.1) is 12.3 Å². The quantitative estimate of drug-likeness (QED) is 0.267. The second kappa shape index (κ2) is 13.3. The van der Waals surface area contributed by atoms with E-state index in [1.807, 2.05) is 49.4 Å². The molecule has 1 amide bonds. The van der Waals surface area contributed by atoms with Crippen LogP contribution in [0.1, 0.15) is 37.1 Å². The molecule has 1 saturated heterocycles. The molecule has 3 rings (SSSR count). The summed E-state index contributed by atoms with van der Waals surface area (Å²) in [4.78, 5) is 19.0. The molecule has 1 fully saturated rings. The van der Waals surface area contributed by atoms with Gasteiger partial charge < -0.3 is 20.4 Å². The topological polar surface area (TPSA) is 81.9 Å². The molecule has 0 bridgehead atoms. The number of nitrogens with zero attached hydrogens (tertiary/aromatic N) is 2. The first-order valence-corrected chi connectivity index (χ1v) is 10.4. The molecule has 1 atom stereocenters. The fourth-order valence-electron chi connectivity index (χ4n) is 3.48. The molecule has 1 aromatic heterocycles. The van der Waals surface area contributed by atoms with E-state index in [-0.39, 0.29) is 42.5 Å². The minimum atomic E-state index is -0.104. The SMILES string of the molecule is CCNC(=NCC(=O)NCc1ccccc1)NCC(c1ccco1)N1CCCC1.I. The van der Waals surface area contributed by atoms with Crippen molar-refractivity contribution >= 4 is 35.8 Å². The Kier molecular flexibility index (Phi) is 10.7. The Hall–Kier alpha value is -2.07. The van der Waals surface area contributed by atoms with Crippen LogP contribution in [0, 0.1) is 0 Å². The van der Waals surface area contributed by atoms with Gasteiger partial charge in [0.15, 0.2) is 5.96 Å². The predicted molar refractivity (Wildman–Crippen MR) is 130 cm³/mol. The lowest BCUT2D eigenvalue weighted by atomic mass is 10.2. The molecule has 1 aliphatic rings. The highest BCUT2D eigenvalue weighted by Gasteiger charge is 2.25. The number of furan rings is 1. The van der Waals surface area contributed by atoms with E-state index in [9.17, 15) is 4.79 Å². The summed E-state index contributed by atoms with van der Waals surface area (Å²) in [6.45, 7) is 6.14. The summed E-state index contributed by atoms with van der Waals surface area (Å²) in [5, 5.41) is 9.49. The number of amides is 1. The summed E-state index contributed by atoms with van der Waals surface area (Å²) >= 11 is 0. The van der Waals surface area contributed by atoms with Gasteiger partial charge in [-0.15, -0.1) is 24.0 Å². The first kappa shape index (κ1) is 24.2. The predicted octanol–water partition coefficient (Wildman–Crippen LogP) is 2.91. The minimum Gasteiger partial charge on any atom is -0.468 e. The number of aliphatic imine (C=N–C) groups is 1. The lowest BCUT2D eigenvalue weighted by Crippen LogP contribution is -2.43. The molecule has 0 spiro atoms. The average molecular weight is 525 g/mol. The van der Waals surface area contributed by atoms with Gasteiger partial charge in [-0.1, -0.05) is 30.3 Å². The largest absolute Gasteiger partial charge is 0.468 e. The summed E-state index contributed by atoms with van der Waals surface area (Å²) in [5.41, 5.74) is 1.07. The van der Waals surface area contributed by atoms with Crippen LogP contribution in [0.4, 0.5) is 0 Å². The lowest BCUT2D eigenvalue weighted by Gasteiger charge is -2.26. The molecule has 164 valence electrons. The van der Waals surface area contributed by atoms with Crippen molar-refractivity contribution < 1.29 is 9.21 Å². The molecule has 1 unspecified atom stereocenters. The number of hydrogen-bond acceptors (Lipinski definition) is 4. The van der Waals surface area contributed by atoms with Crippen molar-refractivity contribution in [1.82, 2.24) is 20.9 Å². The van der Waals surface area contributed by atoms with E-state index in [1.165, 1.54) is 12.8 Å². The van der Waals surface area contributed by atoms with Crippen molar-refractivity contribution in [3.05, 3.63) is 60.1 Å². The Labute approximate surface area is 195 Å². The number of halogens is 1. The second-order valence-corrected chi connectivity index (χ2v) is 7.11. The van der Waals surface area contributed by atoms with Crippen molar-refractivity contribution in [3.8, 4) is 0 Å². The molecule has 1 aliphatic heterocycles. The van der Waals surface area contributed by atoms with Gasteiger partial charge in [-0.2, -0.15) is 0 Å². The third-order valence-corrected chi connectivity index (χ3v) is 4.97. The molecule has 0 aliphatic carbocycles. The number of benzene rings is 1. The second-order valence-electron chi connectivity index (χ2n) is 7.11. The molecule has 0 saturated carbocycles. The zero-order valence-corrected chi connectivity index (χ0v) is 19.8. The van der Waals surface area contributed by atoms with Gasteiger partial charge in [0.2, 0.25) is 5.91 Å². The Morgan fingerprint density at radius 1 is 1.10 bits per heavy atom. The van der Waals surface area contributed by atoms with Crippen molar-refractivity contribution in [2.24, 2.45) is 4.99 Å². The number of nitrogens with one attached hydrogen (secondary N) is 3. The van der Waals surface area contributed by atoms with Crippen LogP contribution in [0.2, 0.25) is 0 Å². The normalized spacial score (nSPS) is 15.3. The first-order chi connectivity index (χ1) is 14.3.